The first-order valence-corrected chi connectivity index (χ1v) is 14.8. The zero-order valence-corrected chi connectivity index (χ0v) is 24.9. The minimum atomic E-state index is -3.73. The predicted molar refractivity (Wildman–Crippen MR) is 153 cm³/mol. The molecule has 0 aliphatic carbocycles. The van der Waals surface area contributed by atoms with Crippen molar-refractivity contribution in [3.8, 4) is 5.75 Å². The number of hydrogen-bond donors (Lipinski definition) is 0. The van der Waals surface area contributed by atoms with Crippen molar-refractivity contribution in [1.82, 2.24) is 14.2 Å². The van der Waals surface area contributed by atoms with E-state index < -0.39 is 10.0 Å². The number of aromatic nitrogens is 1. The third-order valence-electron chi connectivity index (χ3n) is 7.45. The first-order valence-electron chi connectivity index (χ1n) is 13.4. The van der Waals surface area contributed by atoms with Crippen LogP contribution in [0.4, 0.5) is 5.82 Å². The molecule has 1 fully saturated rings. The van der Waals surface area contributed by atoms with E-state index in [1.54, 1.807) is 39.3 Å². The van der Waals surface area contributed by atoms with Gasteiger partial charge in [-0.1, -0.05) is 6.07 Å². The number of methoxy groups -OCH3 is 1. The fraction of sp³-hybridized carbons (Fsp3) is 0.586. The van der Waals surface area contributed by atoms with Crippen molar-refractivity contribution in [3.63, 3.8) is 0 Å². The summed E-state index contributed by atoms with van der Waals surface area (Å²) in [6.45, 7) is 8.85. The number of ether oxygens (including phenoxy) is 1. The van der Waals surface area contributed by atoms with Gasteiger partial charge in [0.15, 0.2) is 0 Å². The van der Waals surface area contributed by atoms with E-state index in [1.165, 1.54) is 30.6 Å². The molecule has 1 saturated heterocycles. The van der Waals surface area contributed by atoms with Crippen molar-refractivity contribution in [2.45, 2.75) is 57.8 Å². The summed E-state index contributed by atoms with van der Waals surface area (Å²) in [5.41, 5.74) is 3.19. The summed E-state index contributed by atoms with van der Waals surface area (Å²) in [4.78, 5) is 22.3. The van der Waals surface area contributed by atoms with Crippen LogP contribution < -0.4 is 9.64 Å². The van der Waals surface area contributed by atoms with Gasteiger partial charge in [-0.15, -0.1) is 0 Å². The standard InChI is InChI=1S/C29H44N4O4S/c1-21-17-27(37-7)18-22(2)28(21)38(35,36)32(6)13-11-26(34)19-25-16-23(3)29(30-20-25)33-14-9-24(10-15-33)8-12-31(4)5/h16-18,20,24H,8-15,19H2,1-7H3. The average Bonchev–Trinajstić information content (AvgIpc) is 2.85. The highest BCUT2D eigenvalue weighted by molar-refractivity contribution is 7.89. The summed E-state index contributed by atoms with van der Waals surface area (Å²) in [5.74, 6) is 2.38. The molecule has 3 rings (SSSR count). The molecular weight excluding hydrogens is 500 g/mol. The minimum Gasteiger partial charge on any atom is -0.497 e. The summed E-state index contributed by atoms with van der Waals surface area (Å²) < 4.78 is 33.0. The molecule has 0 atom stereocenters. The highest BCUT2D eigenvalue weighted by atomic mass is 32.2. The fourth-order valence-corrected chi connectivity index (χ4v) is 6.81. The van der Waals surface area contributed by atoms with Crippen LogP contribution in [-0.4, -0.2) is 82.8 Å². The highest BCUT2D eigenvalue weighted by Crippen LogP contribution is 2.29. The lowest BCUT2D eigenvalue weighted by Gasteiger charge is -2.34. The Morgan fingerprint density at radius 1 is 1.03 bits per heavy atom. The van der Waals surface area contributed by atoms with E-state index in [2.05, 4.69) is 23.9 Å². The Kier molecular flexibility index (Phi) is 10.3. The van der Waals surface area contributed by atoms with Gasteiger partial charge in [0, 0.05) is 45.7 Å². The van der Waals surface area contributed by atoms with Gasteiger partial charge in [-0.25, -0.2) is 17.7 Å². The van der Waals surface area contributed by atoms with Crippen LogP contribution >= 0.6 is 0 Å². The Morgan fingerprint density at radius 3 is 2.21 bits per heavy atom. The SMILES string of the molecule is COc1cc(C)c(S(=O)(=O)N(C)CCC(=O)Cc2cnc(N3CCC(CCN(C)C)CC3)c(C)c2)c(C)c1. The second-order valence-electron chi connectivity index (χ2n) is 10.9. The van der Waals surface area contributed by atoms with Crippen molar-refractivity contribution in [1.29, 1.82) is 0 Å². The van der Waals surface area contributed by atoms with Gasteiger partial charge in [-0.05, 0) is 101 Å². The minimum absolute atomic E-state index is 0.00844. The van der Waals surface area contributed by atoms with Crippen LogP contribution in [0.2, 0.25) is 0 Å². The number of carbonyl (C=O) groups excluding carboxylic acids is 1. The molecule has 0 bridgehead atoms. The van der Waals surface area contributed by atoms with Gasteiger partial charge in [0.05, 0.1) is 12.0 Å². The fourth-order valence-electron chi connectivity index (χ4n) is 5.24. The molecule has 1 aromatic carbocycles. The van der Waals surface area contributed by atoms with Crippen molar-refractivity contribution in [2.24, 2.45) is 5.92 Å². The zero-order chi connectivity index (χ0) is 28.0. The number of aryl methyl sites for hydroxylation is 3. The van der Waals surface area contributed by atoms with E-state index in [-0.39, 0.29) is 30.1 Å². The van der Waals surface area contributed by atoms with Crippen molar-refractivity contribution < 1.29 is 17.9 Å². The number of hydrogen-bond acceptors (Lipinski definition) is 7. The number of nitrogens with zero attached hydrogens (tertiary/aromatic N) is 4. The number of Topliss-reactive ketones (excluding diaryl/α,β-unsaturated/α-hetero) is 1. The smallest absolute Gasteiger partial charge is 0.243 e. The van der Waals surface area contributed by atoms with Crippen molar-refractivity contribution in [2.75, 3.05) is 59.3 Å². The molecule has 9 heteroatoms. The molecule has 210 valence electrons. The first-order chi connectivity index (χ1) is 17.9. The zero-order valence-electron chi connectivity index (χ0n) is 24.1. The Hall–Kier alpha value is -2.49. The number of ketones is 1. The average molecular weight is 545 g/mol. The Bertz CT molecular complexity index is 1200. The maximum Gasteiger partial charge on any atom is 0.243 e. The Labute approximate surface area is 229 Å². The largest absolute Gasteiger partial charge is 0.497 e. The molecule has 1 aliphatic rings. The van der Waals surface area contributed by atoms with Gasteiger partial charge in [0.1, 0.15) is 17.4 Å². The molecule has 0 amide bonds. The monoisotopic (exact) mass is 544 g/mol. The lowest BCUT2D eigenvalue weighted by atomic mass is 9.93. The summed E-state index contributed by atoms with van der Waals surface area (Å²) in [6.07, 6.45) is 5.79. The number of piperidine rings is 1. The molecule has 2 heterocycles. The van der Waals surface area contributed by atoms with Gasteiger partial charge in [-0.2, -0.15) is 0 Å². The van der Waals surface area contributed by atoms with Gasteiger partial charge in [0.2, 0.25) is 10.0 Å². The molecule has 0 N–H and O–H groups in total. The number of benzene rings is 1. The van der Waals surface area contributed by atoms with Crippen LogP contribution in [0.3, 0.4) is 0 Å². The number of sulfonamides is 1. The van der Waals surface area contributed by atoms with E-state index in [4.69, 9.17) is 9.72 Å². The third-order valence-corrected chi connectivity index (χ3v) is 9.61. The number of anilines is 1. The maximum absolute atomic E-state index is 13.2. The molecule has 0 radical (unpaired) electrons. The van der Waals surface area contributed by atoms with Crippen LogP contribution in [0.5, 0.6) is 5.75 Å². The van der Waals surface area contributed by atoms with Crippen LogP contribution in [0.25, 0.3) is 0 Å². The molecule has 1 aromatic heterocycles. The molecule has 0 spiro atoms. The van der Waals surface area contributed by atoms with E-state index in [9.17, 15) is 13.2 Å². The highest BCUT2D eigenvalue weighted by Gasteiger charge is 2.26. The van der Waals surface area contributed by atoms with E-state index in [1.807, 2.05) is 13.0 Å². The Balaban J connectivity index is 1.55. The molecule has 0 unspecified atom stereocenters. The second kappa shape index (κ2) is 13.0. The summed E-state index contributed by atoms with van der Waals surface area (Å²) in [5, 5.41) is 0. The van der Waals surface area contributed by atoms with Crippen LogP contribution in [-0.2, 0) is 21.2 Å². The molecule has 8 nitrogen and oxygen atoms in total. The second-order valence-corrected chi connectivity index (χ2v) is 12.9. The van der Waals surface area contributed by atoms with E-state index in [0.717, 1.165) is 42.5 Å². The molecule has 38 heavy (non-hydrogen) atoms. The van der Waals surface area contributed by atoms with Crippen LogP contribution in [0, 0.1) is 26.7 Å². The van der Waals surface area contributed by atoms with Gasteiger partial charge >= 0.3 is 0 Å². The normalized spacial score (nSPS) is 14.9. The maximum atomic E-state index is 13.2. The molecule has 1 aliphatic heterocycles. The molecular formula is C29H44N4O4S. The molecule has 2 aromatic rings. The lowest BCUT2D eigenvalue weighted by molar-refractivity contribution is -0.118. The summed E-state index contributed by atoms with van der Waals surface area (Å²) in [7, 11) is 3.60. The predicted octanol–water partition coefficient (Wildman–Crippen LogP) is 4.01. The first kappa shape index (κ1) is 30.1. The number of pyridine rings is 1. The summed E-state index contributed by atoms with van der Waals surface area (Å²) >= 11 is 0. The van der Waals surface area contributed by atoms with Gasteiger partial charge in [-0.3, -0.25) is 4.79 Å². The van der Waals surface area contributed by atoms with Crippen LogP contribution in [0.15, 0.2) is 29.3 Å². The lowest BCUT2D eigenvalue weighted by Crippen LogP contribution is -2.35. The van der Waals surface area contributed by atoms with Crippen molar-refractivity contribution >= 4 is 21.6 Å². The van der Waals surface area contributed by atoms with E-state index >= 15 is 0 Å². The van der Waals surface area contributed by atoms with Gasteiger partial charge in [0.25, 0.3) is 0 Å². The number of rotatable bonds is 12. The Morgan fingerprint density at radius 2 is 1.66 bits per heavy atom. The van der Waals surface area contributed by atoms with Crippen LogP contribution in [0.1, 0.15) is 47.9 Å². The summed E-state index contributed by atoms with van der Waals surface area (Å²) in [6, 6.07) is 5.47. The molecule has 0 saturated carbocycles. The quantitative estimate of drug-likeness (QED) is 0.399. The number of carbonyl (C=O) groups is 1. The van der Waals surface area contributed by atoms with Gasteiger partial charge < -0.3 is 14.5 Å². The third kappa shape index (κ3) is 7.55. The van der Waals surface area contributed by atoms with E-state index in [0.29, 0.717) is 16.9 Å². The topological polar surface area (TPSA) is 83.0 Å². The van der Waals surface area contributed by atoms with Crippen molar-refractivity contribution in [3.05, 3.63) is 46.6 Å².